The first kappa shape index (κ1) is 16.8. The van der Waals surface area contributed by atoms with Crippen LogP contribution >= 0.6 is 0 Å². The minimum absolute atomic E-state index is 0.0550. The summed E-state index contributed by atoms with van der Waals surface area (Å²) in [4.78, 5) is 11.7. The second kappa shape index (κ2) is 7.64. The van der Waals surface area contributed by atoms with Crippen LogP contribution in [-0.2, 0) is 0 Å². The average Bonchev–Trinajstić information content (AvgIpc) is 2.53. The molecule has 1 atom stereocenters. The molecule has 2 aromatic carbocycles. The monoisotopic (exact) mass is 325 g/mol. The normalized spacial score (nSPS) is 11.8. The number of halogens is 3. The van der Waals surface area contributed by atoms with E-state index in [0.29, 0.717) is 0 Å². The lowest BCUT2D eigenvalue weighted by Gasteiger charge is -2.13. The van der Waals surface area contributed by atoms with Crippen LogP contribution in [0.1, 0.15) is 10.4 Å². The highest BCUT2D eigenvalue weighted by Crippen LogP contribution is 2.15. The fraction of sp³-hybridized carbons (Fsp3) is 0.188. The SMILES string of the molecule is O=C(NCC(O)COc1ccc(F)c(F)c1)c1cccc(F)c1. The number of ether oxygens (including phenoxy) is 1. The number of amides is 1. The van der Waals surface area contributed by atoms with E-state index in [9.17, 15) is 23.1 Å². The zero-order chi connectivity index (χ0) is 16.8. The first-order valence-electron chi connectivity index (χ1n) is 6.75. The number of benzene rings is 2. The molecular formula is C16H14F3NO3. The summed E-state index contributed by atoms with van der Waals surface area (Å²) >= 11 is 0. The Labute approximate surface area is 130 Å². The van der Waals surface area contributed by atoms with Gasteiger partial charge in [-0.05, 0) is 30.3 Å². The lowest BCUT2D eigenvalue weighted by Crippen LogP contribution is -2.35. The number of aliphatic hydroxyl groups is 1. The Hall–Kier alpha value is -2.54. The van der Waals surface area contributed by atoms with Crippen molar-refractivity contribution in [2.45, 2.75) is 6.10 Å². The molecule has 2 rings (SSSR count). The minimum Gasteiger partial charge on any atom is -0.491 e. The fourth-order valence-electron chi connectivity index (χ4n) is 1.76. The number of hydrogen-bond acceptors (Lipinski definition) is 3. The largest absolute Gasteiger partial charge is 0.491 e. The first-order chi connectivity index (χ1) is 11.0. The summed E-state index contributed by atoms with van der Waals surface area (Å²) in [6.07, 6.45) is -1.07. The zero-order valence-electron chi connectivity index (χ0n) is 11.9. The summed E-state index contributed by atoms with van der Waals surface area (Å²) in [5, 5.41) is 12.1. The molecule has 23 heavy (non-hydrogen) atoms. The van der Waals surface area contributed by atoms with Crippen LogP contribution < -0.4 is 10.1 Å². The number of nitrogens with one attached hydrogen (secondary N) is 1. The van der Waals surface area contributed by atoms with Gasteiger partial charge in [0.25, 0.3) is 5.91 Å². The molecule has 0 radical (unpaired) electrons. The molecule has 0 saturated heterocycles. The third-order valence-electron chi connectivity index (χ3n) is 2.92. The van der Waals surface area contributed by atoms with E-state index in [4.69, 9.17) is 4.74 Å². The van der Waals surface area contributed by atoms with Gasteiger partial charge in [-0.2, -0.15) is 0 Å². The highest BCUT2D eigenvalue weighted by atomic mass is 19.2. The summed E-state index contributed by atoms with van der Waals surface area (Å²) in [5.74, 6) is -3.09. The van der Waals surface area contributed by atoms with E-state index in [1.54, 1.807) is 0 Å². The van der Waals surface area contributed by atoms with E-state index in [-0.39, 0.29) is 24.5 Å². The summed E-state index contributed by atoms with van der Waals surface area (Å²) in [7, 11) is 0. The Morgan fingerprint density at radius 2 is 1.91 bits per heavy atom. The van der Waals surface area contributed by atoms with Gasteiger partial charge in [-0.15, -0.1) is 0 Å². The topological polar surface area (TPSA) is 58.6 Å². The van der Waals surface area contributed by atoms with Gasteiger partial charge in [0.15, 0.2) is 11.6 Å². The molecule has 0 aliphatic carbocycles. The molecule has 0 spiro atoms. The number of hydrogen-bond donors (Lipinski definition) is 2. The van der Waals surface area contributed by atoms with Crippen LogP contribution in [0.15, 0.2) is 42.5 Å². The molecular weight excluding hydrogens is 311 g/mol. The van der Waals surface area contributed by atoms with Crippen LogP contribution in [0.4, 0.5) is 13.2 Å². The summed E-state index contributed by atoms with van der Waals surface area (Å²) in [6, 6.07) is 8.09. The third kappa shape index (κ3) is 5.00. The first-order valence-corrected chi connectivity index (χ1v) is 6.75. The quantitative estimate of drug-likeness (QED) is 0.857. The molecule has 0 saturated carbocycles. The summed E-state index contributed by atoms with van der Waals surface area (Å²) in [6.45, 7) is -0.368. The van der Waals surface area contributed by atoms with Crippen molar-refractivity contribution in [3.8, 4) is 5.75 Å². The molecule has 7 heteroatoms. The van der Waals surface area contributed by atoms with Gasteiger partial charge in [0, 0.05) is 18.2 Å². The molecule has 1 amide bonds. The number of carbonyl (C=O) groups excluding carboxylic acids is 1. The maximum absolute atomic E-state index is 13.0. The second-order valence-electron chi connectivity index (χ2n) is 4.76. The van der Waals surface area contributed by atoms with Crippen molar-refractivity contribution >= 4 is 5.91 Å². The van der Waals surface area contributed by atoms with Crippen molar-refractivity contribution < 1.29 is 27.8 Å². The molecule has 4 nitrogen and oxygen atoms in total. The van der Waals surface area contributed by atoms with Crippen LogP contribution in [0.25, 0.3) is 0 Å². The van der Waals surface area contributed by atoms with E-state index in [1.165, 1.54) is 24.3 Å². The molecule has 0 aliphatic rings. The van der Waals surface area contributed by atoms with Gasteiger partial charge < -0.3 is 15.2 Å². The number of carbonyl (C=O) groups is 1. The van der Waals surface area contributed by atoms with Crippen LogP contribution in [-0.4, -0.2) is 30.3 Å². The standard InChI is InChI=1S/C16H14F3NO3/c17-11-3-1-2-10(6-11)16(22)20-8-12(21)9-23-13-4-5-14(18)15(19)7-13/h1-7,12,21H,8-9H2,(H,20,22). The van der Waals surface area contributed by atoms with Crippen molar-refractivity contribution in [3.63, 3.8) is 0 Å². The molecule has 1 unspecified atom stereocenters. The highest BCUT2D eigenvalue weighted by molar-refractivity contribution is 5.94. The van der Waals surface area contributed by atoms with E-state index in [2.05, 4.69) is 5.32 Å². The lowest BCUT2D eigenvalue weighted by molar-refractivity contribution is 0.0843. The van der Waals surface area contributed by atoms with E-state index in [0.717, 1.165) is 18.2 Å². The fourth-order valence-corrected chi connectivity index (χ4v) is 1.76. The number of rotatable bonds is 6. The van der Waals surface area contributed by atoms with E-state index >= 15 is 0 Å². The predicted octanol–water partition coefficient (Wildman–Crippen LogP) is 2.27. The molecule has 2 aromatic rings. The van der Waals surface area contributed by atoms with Crippen molar-refractivity contribution in [3.05, 3.63) is 65.5 Å². The maximum Gasteiger partial charge on any atom is 0.251 e. The van der Waals surface area contributed by atoms with Gasteiger partial charge in [-0.25, -0.2) is 13.2 Å². The maximum atomic E-state index is 13.0. The Balaban J connectivity index is 1.79. The molecule has 122 valence electrons. The van der Waals surface area contributed by atoms with Gasteiger partial charge in [0.1, 0.15) is 24.3 Å². The van der Waals surface area contributed by atoms with Crippen LogP contribution in [0.3, 0.4) is 0 Å². The van der Waals surface area contributed by atoms with E-state index in [1.807, 2.05) is 0 Å². The summed E-state index contributed by atoms with van der Waals surface area (Å²) < 4.78 is 43.8. The van der Waals surface area contributed by atoms with Crippen LogP contribution in [0.5, 0.6) is 5.75 Å². The lowest BCUT2D eigenvalue weighted by atomic mass is 10.2. The molecule has 0 bridgehead atoms. The van der Waals surface area contributed by atoms with Crippen LogP contribution in [0.2, 0.25) is 0 Å². The zero-order valence-corrected chi connectivity index (χ0v) is 11.9. The van der Waals surface area contributed by atoms with Crippen molar-refractivity contribution in [1.82, 2.24) is 5.32 Å². The van der Waals surface area contributed by atoms with Gasteiger partial charge in [0.05, 0.1) is 0 Å². The van der Waals surface area contributed by atoms with Crippen molar-refractivity contribution in [1.29, 1.82) is 0 Å². The molecule has 0 fully saturated rings. The van der Waals surface area contributed by atoms with Gasteiger partial charge in [-0.1, -0.05) is 6.07 Å². The summed E-state index contributed by atoms with van der Waals surface area (Å²) in [5.41, 5.74) is 0.124. The molecule has 2 N–H and O–H groups in total. The molecule has 0 heterocycles. The minimum atomic E-state index is -1.07. The third-order valence-corrected chi connectivity index (χ3v) is 2.92. The Bertz CT molecular complexity index is 694. The molecule has 0 aliphatic heterocycles. The number of aliphatic hydroxyl groups excluding tert-OH is 1. The van der Waals surface area contributed by atoms with Gasteiger partial charge >= 0.3 is 0 Å². The Kier molecular flexibility index (Phi) is 5.59. The average molecular weight is 325 g/mol. The van der Waals surface area contributed by atoms with Crippen molar-refractivity contribution in [2.75, 3.05) is 13.2 Å². The van der Waals surface area contributed by atoms with Crippen molar-refractivity contribution in [2.24, 2.45) is 0 Å². The van der Waals surface area contributed by atoms with E-state index < -0.39 is 29.5 Å². The Morgan fingerprint density at radius 3 is 2.61 bits per heavy atom. The predicted molar refractivity (Wildman–Crippen MR) is 76.6 cm³/mol. The Morgan fingerprint density at radius 1 is 1.13 bits per heavy atom. The smallest absolute Gasteiger partial charge is 0.251 e. The van der Waals surface area contributed by atoms with Gasteiger partial charge in [0.2, 0.25) is 0 Å². The highest BCUT2D eigenvalue weighted by Gasteiger charge is 2.11. The van der Waals surface area contributed by atoms with Gasteiger partial charge in [-0.3, -0.25) is 4.79 Å². The second-order valence-corrected chi connectivity index (χ2v) is 4.76. The van der Waals surface area contributed by atoms with Crippen LogP contribution in [0, 0.1) is 17.5 Å². The molecule has 0 aromatic heterocycles.